The summed E-state index contributed by atoms with van der Waals surface area (Å²) in [6.45, 7) is 4.13. The van der Waals surface area contributed by atoms with Gasteiger partial charge in [0, 0.05) is 11.4 Å². The van der Waals surface area contributed by atoms with E-state index >= 15 is 0 Å². The summed E-state index contributed by atoms with van der Waals surface area (Å²) in [5.41, 5.74) is 1.88. The van der Waals surface area contributed by atoms with Gasteiger partial charge in [-0.3, -0.25) is 4.79 Å². The lowest BCUT2D eigenvalue weighted by molar-refractivity contribution is -0.125. The highest BCUT2D eigenvalue weighted by atomic mass is 32.1. The van der Waals surface area contributed by atoms with Crippen molar-refractivity contribution >= 4 is 34.1 Å². The van der Waals surface area contributed by atoms with Crippen LogP contribution in [0.15, 0.2) is 47.8 Å². The van der Waals surface area contributed by atoms with Gasteiger partial charge in [-0.15, -0.1) is 11.3 Å². The van der Waals surface area contributed by atoms with E-state index in [1.165, 1.54) is 6.42 Å². The Kier molecular flexibility index (Phi) is 6.13. The molecule has 1 aliphatic carbocycles. The maximum Gasteiger partial charge on any atom is 0.339 e. The van der Waals surface area contributed by atoms with Crippen molar-refractivity contribution in [2.45, 2.75) is 39.2 Å². The van der Waals surface area contributed by atoms with E-state index in [0.717, 1.165) is 34.3 Å². The molecule has 3 aromatic rings. The van der Waals surface area contributed by atoms with Gasteiger partial charge in [-0.05, 0) is 41.8 Å². The number of rotatable bonds is 5. The Morgan fingerprint density at radius 1 is 1.17 bits per heavy atom. The van der Waals surface area contributed by atoms with Crippen LogP contribution >= 0.6 is 11.3 Å². The fourth-order valence-corrected chi connectivity index (χ4v) is 4.82. The topological polar surface area (TPSA) is 68.3 Å². The average Bonchev–Trinajstić information content (AvgIpc) is 3.29. The van der Waals surface area contributed by atoms with Crippen LogP contribution in [0.2, 0.25) is 0 Å². The maximum atomic E-state index is 12.9. The molecule has 1 aromatic carbocycles. The molecule has 0 bridgehead atoms. The predicted octanol–water partition coefficient (Wildman–Crippen LogP) is 5.06. The van der Waals surface area contributed by atoms with E-state index in [9.17, 15) is 9.59 Å². The molecule has 5 nitrogen and oxygen atoms in total. The molecule has 2 heterocycles. The minimum absolute atomic E-state index is 0.145. The summed E-state index contributed by atoms with van der Waals surface area (Å²) < 4.78 is 5.40. The van der Waals surface area contributed by atoms with Gasteiger partial charge in [0.25, 0.3) is 5.91 Å². The van der Waals surface area contributed by atoms with Crippen LogP contribution < -0.4 is 5.32 Å². The van der Waals surface area contributed by atoms with Gasteiger partial charge in [0.2, 0.25) is 0 Å². The first-order valence-electron chi connectivity index (χ1n) is 10.4. The molecule has 0 radical (unpaired) electrons. The Morgan fingerprint density at radius 3 is 2.80 bits per heavy atom. The third kappa shape index (κ3) is 4.38. The first kappa shape index (κ1) is 20.5. The van der Waals surface area contributed by atoms with E-state index in [1.807, 2.05) is 41.8 Å². The minimum Gasteiger partial charge on any atom is -0.452 e. The van der Waals surface area contributed by atoms with Crippen LogP contribution in [0.25, 0.3) is 21.5 Å². The first-order chi connectivity index (χ1) is 14.5. The van der Waals surface area contributed by atoms with E-state index in [0.29, 0.717) is 17.4 Å². The molecule has 1 N–H and O–H groups in total. The van der Waals surface area contributed by atoms with Crippen molar-refractivity contribution in [3.05, 3.63) is 53.4 Å². The monoisotopic (exact) mass is 422 g/mol. The second-order valence-electron chi connectivity index (χ2n) is 8.07. The summed E-state index contributed by atoms with van der Waals surface area (Å²) in [5.74, 6) is 0.263. The average molecular weight is 423 g/mol. The molecule has 3 atom stereocenters. The summed E-state index contributed by atoms with van der Waals surface area (Å²) >= 11 is 1.56. The molecule has 0 saturated heterocycles. The third-order valence-corrected chi connectivity index (χ3v) is 6.99. The number of nitrogens with zero attached hydrogens (tertiary/aromatic N) is 1. The molecule has 0 unspecified atom stereocenters. The number of hydrogen-bond acceptors (Lipinski definition) is 5. The number of nitrogens with one attached hydrogen (secondary N) is 1. The van der Waals surface area contributed by atoms with Gasteiger partial charge in [0.15, 0.2) is 6.61 Å². The van der Waals surface area contributed by atoms with Crippen molar-refractivity contribution in [2.24, 2.45) is 11.8 Å². The predicted molar refractivity (Wildman–Crippen MR) is 119 cm³/mol. The molecule has 1 aliphatic rings. The van der Waals surface area contributed by atoms with Crippen molar-refractivity contribution in [2.75, 3.05) is 6.61 Å². The number of pyridine rings is 1. The quantitative estimate of drug-likeness (QED) is 0.584. The zero-order chi connectivity index (χ0) is 21.1. The number of benzene rings is 1. The number of hydrogen-bond donors (Lipinski definition) is 1. The van der Waals surface area contributed by atoms with E-state index in [-0.39, 0.29) is 18.6 Å². The SMILES string of the molecule is C[C@@H]1[C@H](C)CCC[C@H]1NC(=O)COC(=O)c1cc(-c2cccs2)nc2ccccc12. The van der Waals surface area contributed by atoms with Gasteiger partial charge in [-0.2, -0.15) is 0 Å². The lowest BCUT2D eigenvalue weighted by Crippen LogP contribution is -2.45. The van der Waals surface area contributed by atoms with Crippen LogP contribution in [0.5, 0.6) is 0 Å². The zero-order valence-corrected chi connectivity index (χ0v) is 18.1. The Balaban J connectivity index is 1.48. The summed E-state index contributed by atoms with van der Waals surface area (Å²) in [4.78, 5) is 30.9. The Bertz CT molecular complexity index is 1050. The molecule has 1 fully saturated rings. The largest absolute Gasteiger partial charge is 0.452 e. The van der Waals surface area contributed by atoms with Crippen LogP contribution in [0.1, 0.15) is 43.5 Å². The van der Waals surface area contributed by atoms with E-state index in [4.69, 9.17) is 4.74 Å². The third-order valence-electron chi connectivity index (χ3n) is 6.10. The smallest absolute Gasteiger partial charge is 0.339 e. The summed E-state index contributed by atoms with van der Waals surface area (Å²) in [6.07, 6.45) is 3.29. The number of ether oxygens (including phenoxy) is 1. The van der Waals surface area contributed by atoms with Crippen LogP contribution in [0.4, 0.5) is 0 Å². The molecule has 156 valence electrons. The first-order valence-corrected chi connectivity index (χ1v) is 11.3. The van der Waals surface area contributed by atoms with Crippen molar-refractivity contribution in [3.63, 3.8) is 0 Å². The highest BCUT2D eigenvalue weighted by Gasteiger charge is 2.28. The lowest BCUT2D eigenvalue weighted by Gasteiger charge is -2.34. The van der Waals surface area contributed by atoms with Crippen molar-refractivity contribution in [1.82, 2.24) is 10.3 Å². The number of carbonyl (C=O) groups is 2. The fraction of sp³-hybridized carbons (Fsp3) is 0.375. The Labute approximate surface area is 180 Å². The zero-order valence-electron chi connectivity index (χ0n) is 17.3. The minimum atomic E-state index is -0.508. The molecule has 1 saturated carbocycles. The Morgan fingerprint density at radius 2 is 2.00 bits per heavy atom. The van der Waals surface area contributed by atoms with Crippen LogP contribution in [0, 0.1) is 11.8 Å². The van der Waals surface area contributed by atoms with Crippen LogP contribution in [-0.4, -0.2) is 29.5 Å². The maximum absolute atomic E-state index is 12.9. The summed E-state index contributed by atoms with van der Waals surface area (Å²) in [6, 6.07) is 13.3. The molecular weight excluding hydrogens is 396 g/mol. The molecule has 6 heteroatoms. The van der Waals surface area contributed by atoms with E-state index in [1.54, 1.807) is 17.4 Å². The normalized spacial score (nSPS) is 21.3. The number of fused-ring (bicyclic) bond motifs is 1. The van der Waals surface area contributed by atoms with Gasteiger partial charge in [-0.25, -0.2) is 9.78 Å². The van der Waals surface area contributed by atoms with Crippen molar-refractivity contribution in [1.29, 1.82) is 0 Å². The number of amides is 1. The van der Waals surface area contributed by atoms with E-state index < -0.39 is 5.97 Å². The van der Waals surface area contributed by atoms with Crippen molar-refractivity contribution < 1.29 is 14.3 Å². The number of para-hydroxylation sites is 1. The number of aromatic nitrogens is 1. The highest BCUT2D eigenvalue weighted by molar-refractivity contribution is 7.13. The number of thiophene rings is 1. The van der Waals surface area contributed by atoms with Gasteiger partial charge in [-0.1, -0.05) is 51.0 Å². The lowest BCUT2D eigenvalue weighted by atomic mass is 9.78. The van der Waals surface area contributed by atoms with E-state index in [2.05, 4.69) is 24.1 Å². The molecular formula is C24H26N2O3S. The summed E-state index contributed by atoms with van der Waals surface area (Å²) in [7, 11) is 0. The Hall–Kier alpha value is -2.73. The van der Waals surface area contributed by atoms with Gasteiger partial charge >= 0.3 is 5.97 Å². The fourth-order valence-electron chi connectivity index (χ4n) is 4.14. The van der Waals surface area contributed by atoms with Gasteiger partial charge in [0.05, 0.1) is 21.7 Å². The highest BCUT2D eigenvalue weighted by Crippen LogP contribution is 2.30. The molecule has 0 aliphatic heterocycles. The van der Waals surface area contributed by atoms with Gasteiger partial charge < -0.3 is 10.1 Å². The second-order valence-corrected chi connectivity index (χ2v) is 9.01. The molecule has 30 heavy (non-hydrogen) atoms. The van der Waals surface area contributed by atoms with Crippen molar-refractivity contribution in [3.8, 4) is 10.6 Å². The molecule has 4 rings (SSSR count). The molecule has 1 amide bonds. The summed E-state index contributed by atoms with van der Waals surface area (Å²) in [5, 5.41) is 5.74. The molecule has 2 aromatic heterocycles. The van der Waals surface area contributed by atoms with Gasteiger partial charge in [0.1, 0.15) is 0 Å². The second kappa shape index (κ2) is 8.96. The molecule has 0 spiro atoms. The van der Waals surface area contributed by atoms with Crippen LogP contribution in [0.3, 0.4) is 0 Å². The standard InChI is InChI=1S/C24H26N2O3S/c1-15-7-5-10-19(16(15)2)26-23(27)14-29-24(28)18-13-21(22-11-6-12-30-22)25-20-9-4-3-8-17(18)20/h3-4,6,8-9,11-13,15-16,19H,5,7,10,14H2,1-2H3,(H,26,27)/t15-,16-,19-/m1/s1. The number of esters is 1. The van der Waals surface area contributed by atoms with Crippen LogP contribution in [-0.2, 0) is 9.53 Å². The number of carbonyl (C=O) groups excluding carboxylic acids is 2.